The topological polar surface area (TPSA) is 24.4 Å². The van der Waals surface area contributed by atoms with E-state index in [1.165, 1.54) is 37.0 Å². The Hall–Kier alpha value is -0.960. The van der Waals surface area contributed by atoms with Crippen LogP contribution in [-0.4, -0.2) is 18.5 Å². The molecule has 1 aliphatic rings. The Bertz CT molecular complexity index is 353. The van der Waals surface area contributed by atoms with E-state index in [1.807, 2.05) is 25.0 Å². The van der Waals surface area contributed by atoms with Crippen molar-refractivity contribution in [3.63, 3.8) is 0 Å². The van der Waals surface area contributed by atoms with Crippen LogP contribution in [0, 0.1) is 0 Å². The fraction of sp³-hybridized carbons (Fsp3) is 0.500. The summed E-state index contributed by atoms with van der Waals surface area (Å²) in [6.07, 6.45) is 8.85. The molecule has 1 N–H and O–H groups in total. The molecule has 1 aliphatic carbocycles. The molecule has 0 amide bonds. The van der Waals surface area contributed by atoms with Gasteiger partial charge in [0.25, 0.3) is 0 Å². The number of benzene rings is 1. The van der Waals surface area contributed by atoms with E-state index < -0.39 is 0 Å². The van der Waals surface area contributed by atoms with Crippen LogP contribution in [0.5, 0.6) is 0 Å². The van der Waals surface area contributed by atoms with Crippen LogP contribution in [0.4, 0.5) is 0 Å². The molecule has 2 nitrogen and oxygen atoms in total. The van der Waals surface area contributed by atoms with Gasteiger partial charge in [0.2, 0.25) is 0 Å². The summed E-state index contributed by atoms with van der Waals surface area (Å²) in [4.78, 5) is 1.39. The van der Waals surface area contributed by atoms with Crippen molar-refractivity contribution >= 4 is 18.0 Å². The van der Waals surface area contributed by atoms with E-state index in [1.54, 1.807) is 0 Å². The normalized spacial score (nSPS) is 17.5. The SMILES string of the molecule is CNN=Cc1ccc(SC2CCCCC2)cc1. The average Bonchev–Trinajstić information content (AvgIpc) is 2.39. The first-order valence-corrected chi connectivity index (χ1v) is 7.23. The van der Waals surface area contributed by atoms with Crippen molar-refractivity contribution < 1.29 is 0 Å². The molecule has 0 aliphatic heterocycles. The summed E-state index contributed by atoms with van der Waals surface area (Å²) >= 11 is 2.04. The molecule has 3 heteroatoms. The van der Waals surface area contributed by atoms with Crippen LogP contribution in [-0.2, 0) is 0 Å². The maximum Gasteiger partial charge on any atom is 0.0540 e. The molecular formula is C14H20N2S. The average molecular weight is 248 g/mol. The number of hydrogen-bond donors (Lipinski definition) is 1. The summed E-state index contributed by atoms with van der Waals surface area (Å²) in [5, 5.41) is 4.84. The first-order valence-electron chi connectivity index (χ1n) is 6.35. The maximum atomic E-state index is 4.01. The van der Waals surface area contributed by atoms with E-state index >= 15 is 0 Å². The second-order valence-electron chi connectivity index (χ2n) is 4.43. The Morgan fingerprint density at radius 1 is 1.18 bits per heavy atom. The molecule has 1 saturated carbocycles. The highest BCUT2D eigenvalue weighted by Gasteiger charge is 2.14. The lowest BCUT2D eigenvalue weighted by atomic mass is 10.0. The van der Waals surface area contributed by atoms with Gasteiger partial charge in [-0.25, -0.2) is 0 Å². The van der Waals surface area contributed by atoms with Gasteiger partial charge in [0.05, 0.1) is 6.21 Å². The van der Waals surface area contributed by atoms with Crippen molar-refractivity contribution in [3.8, 4) is 0 Å². The molecule has 1 fully saturated rings. The van der Waals surface area contributed by atoms with Gasteiger partial charge < -0.3 is 5.43 Å². The molecule has 0 spiro atoms. The molecule has 0 atom stereocenters. The minimum absolute atomic E-state index is 0.834. The van der Waals surface area contributed by atoms with Gasteiger partial charge in [-0.3, -0.25) is 0 Å². The van der Waals surface area contributed by atoms with Gasteiger partial charge in [0, 0.05) is 17.2 Å². The third kappa shape index (κ3) is 4.08. The summed E-state index contributed by atoms with van der Waals surface area (Å²) in [7, 11) is 1.81. The molecule has 1 aromatic carbocycles. The molecule has 1 aromatic rings. The van der Waals surface area contributed by atoms with Gasteiger partial charge in [-0.2, -0.15) is 5.10 Å². The first-order chi connectivity index (χ1) is 8.38. The van der Waals surface area contributed by atoms with E-state index in [-0.39, 0.29) is 0 Å². The molecule has 17 heavy (non-hydrogen) atoms. The van der Waals surface area contributed by atoms with Crippen LogP contribution in [0.2, 0.25) is 0 Å². The fourth-order valence-electron chi connectivity index (χ4n) is 2.15. The van der Waals surface area contributed by atoms with Crippen molar-refractivity contribution in [2.24, 2.45) is 5.10 Å². The second-order valence-corrected chi connectivity index (χ2v) is 5.80. The van der Waals surface area contributed by atoms with Gasteiger partial charge in [-0.1, -0.05) is 31.4 Å². The van der Waals surface area contributed by atoms with Gasteiger partial charge in [-0.05, 0) is 30.5 Å². The molecule has 2 rings (SSSR count). The Morgan fingerprint density at radius 3 is 2.53 bits per heavy atom. The van der Waals surface area contributed by atoms with Gasteiger partial charge in [0.15, 0.2) is 0 Å². The summed E-state index contributed by atoms with van der Waals surface area (Å²) in [6, 6.07) is 8.67. The monoisotopic (exact) mass is 248 g/mol. The number of thioether (sulfide) groups is 1. The zero-order valence-corrected chi connectivity index (χ0v) is 11.2. The smallest absolute Gasteiger partial charge is 0.0540 e. The molecule has 0 aromatic heterocycles. The fourth-order valence-corrected chi connectivity index (χ4v) is 3.39. The van der Waals surface area contributed by atoms with E-state index in [0.29, 0.717) is 0 Å². The molecule has 92 valence electrons. The van der Waals surface area contributed by atoms with E-state index in [4.69, 9.17) is 0 Å². The van der Waals surface area contributed by atoms with Crippen LogP contribution in [0.25, 0.3) is 0 Å². The lowest BCUT2D eigenvalue weighted by Gasteiger charge is -2.20. The minimum Gasteiger partial charge on any atom is -0.313 e. The quantitative estimate of drug-likeness (QED) is 0.649. The first kappa shape index (κ1) is 12.5. The number of rotatable bonds is 4. The Kier molecular flexibility index (Phi) is 4.92. The number of hydrazone groups is 1. The lowest BCUT2D eigenvalue weighted by Crippen LogP contribution is -2.07. The van der Waals surface area contributed by atoms with E-state index in [9.17, 15) is 0 Å². The highest BCUT2D eigenvalue weighted by molar-refractivity contribution is 8.00. The van der Waals surface area contributed by atoms with Crippen molar-refractivity contribution in [1.82, 2.24) is 5.43 Å². The number of nitrogens with one attached hydrogen (secondary N) is 1. The van der Waals surface area contributed by atoms with Crippen molar-refractivity contribution in [3.05, 3.63) is 29.8 Å². The molecule has 0 bridgehead atoms. The zero-order chi connectivity index (χ0) is 11.9. The number of hydrogen-bond acceptors (Lipinski definition) is 3. The predicted molar refractivity (Wildman–Crippen MR) is 75.8 cm³/mol. The third-order valence-electron chi connectivity index (χ3n) is 3.08. The molecular weight excluding hydrogens is 228 g/mol. The van der Waals surface area contributed by atoms with E-state index in [0.717, 1.165) is 10.8 Å². The van der Waals surface area contributed by atoms with Crippen LogP contribution >= 0.6 is 11.8 Å². The Balaban J connectivity index is 1.90. The molecule has 0 unspecified atom stereocenters. The molecule has 0 radical (unpaired) electrons. The summed E-state index contributed by atoms with van der Waals surface area (Å²) < 4.78 is 0. The maximum absolute atomic E-state index is 4.01. The van der Waals surface area contributed by atoms with Gasteiger partial charge >= 0.3 is 0 Å². The van der Waals surface area contributed by atoms with Crippen molar-refractivity contribution in [2.75, 3.05) is 7.05 Å². The summed E-state index contributed by atoms with van der Waals surface area (Å²) in [5.41, 5.74) is 3.91. The standard InChI is InChI=1S/C14H20N2S/c1-15-16-11-12-7-9-14(10-8-12)17-13-5-3-2-4-6-13/h7-11,13,15H,2-6H2,1H3. The summed E-state index contributed by atoms with van der Waals surface area (Å²) in [6.45, 7) is 0. The second kappa shape index (κ2) is 6.70. The van der Waals surface area contributed by atoms with Crippen LogP contribution in [0.1, 0.15) is 37.7 Å². The van der Waals surface area contributed by atoms with Crippen molar-refractivity contribution in [1.29, 1.82) is 0 Å². The zero-order valence-electron chi connectivity index (χ0n) is 10.4. The third-order valence-corrected chi connectivity index (χ3v) is 4.43. The lowest BCUT2D eigenvalue weighted by molar-refractivity contribution is 0.516. The Morgan fingerprint density at radius 2 is 1.88 bits per heavy atom. The van der Waals surface area contributed by atoms with Crippen LogP contribution in [0.15, 0.2) is 34.3 Å². The van der Waals surface area contributed by atoms with Crippen molar-refractivity contribution in [2.45, 2.75) is 42.2 Å². The molecule has 0 heterocycles. The van der Waals surface area contributed by atoms with Crippen LogP contribution < -0.4 is 5.43 Å². The Labute approximate surface area is 108 Å². The highest BCUT2D eigenvalue weighted by atomic mass is 32.2. The van der Waals surface area contributed by atoms with Gasteiger partial charge in [0.1, 0.15) is 0 Å². The molecule has 0 saturated heterocycles. The highest BCUT2D eigenvalue weighted by Crippen LogP contribution is 2.33. The summed E-state index contributed by atoms with van der Waals surface area (Å²) in [5.74, 6) is 0. The van der Waals surface area contributed by atoms with Crippen LogP contribution in [0.3, 0.4) is 0 Å². The largest absolute Gasteiger partial charge is 0.313 e. The predicted octanol–water partition coefficient (Wildman–Crippen LogP) is 3.66. The van der Waals surface area contributed by atoms with Gasteiger partial charge in [-0.15, -0.1) is 11.8 Å². The number of nitrogens with zero attached hydrogens (tertiary/aromatic N) is 1. The minimum atomic E-state index is 0.834. The van der Waals surface area contributed by atoms with E-state index in [2.05, 4.69) is 34.8 Å².